The van der Waals surface area contributed by atoms with Crippen LogP contribution in [0.25, 0.3) is 0 Å². The summed E-state index contributed by atoms with van der Waals surface area (Å²) in [6.45, 7) is 0. The number of amides is 1. The first kappa shape index (κ1) is 18.9. The molecule has 5 rings (SSSR count). The number of benzene rings is 2. The Hall–Kier alpha value is -4.12. The van der Waals surface area contributed by atoms with E-state index in [1.807, 2.05) is 4.98 Å². The van der Waals surface area contributed by atoms with E-state index in [1.165, 1.54) is 30.3 Å². The van der Waals surface area contributed by atoms with E-state index in [0.29, 0.717) is 5.69 Å². The largest absolute Gasteiger partial charge is 0.423 e. The molecular formula is C20H14N4O6S. The lowest BCUT2D eigenvalue weighted by Gasteiger charge is -2.34. The van der Waals surface area contributed by atoms with Crippen LogP contribution >= 0.6 is 0 Å². The van der Waals surface area contributed by atoms with Crippen LogP contribution in [-0.4, -0.2) is 24.3 Å². The van der Waals surface area contributed by atoms with Crippen LogP contribution in [0.1, 0.15) is 11.1 Å². The standard InChI is InChI=1S/C20H14N4O6S/c21-15-14(31(28,29)10-6-2-1-3-7-10)20(11-8-4-5-9-12(11)22-18(20)26)13-16(25)23-19(27)24-17(13)30-15/h1-9H,21H2,(H,22,26)(H2,23,24,25,27). The third-order valence-electron chi connectivity index (χ3n) is 5.30. The smallest absolute Gasteiger partial charge is 0.328 e. The molecular weight excluding hydrogens is 424 g/mol. The first-order chi connectivity index (χ1) is 14.8. The molecule has 2 aliphatic rings. The number of fused-ring (bicyclic) bond motifs is 4. The maximum atomic E-state index is 13.7. The minimum Gasteiger partial charge on any atom is -0.423 e. The summed E-state index contributed by atoms with van der Waals surface area (Å²) in [5.41, 5.74) is 2.14. The van der Waals surface area contributed by atoms with Gasteiger partial charge < -0.3 is 15.8 Å². The van der Waals surface area contributed by atoms with E-state index in [2.05, 4.69) is 10.3 Å². The molecule has 1 spiro atoms. The summed E-state index contributed by atoms with van der Waals surface area (Å²) in [6.07, 6.45) is 0. The number of anilines is 1. The van der Waals surface area contributed by atoms with Gasteiger partial charge in [-0.15, -0.1) is 0 Å². The second-order valence-electron chi connectivity index (χ2n) is 6.97. The summed E-state index contributed by atoms with van der Waals surface area (Å²) in [5, 5.41) is 2.62. The van der Waals surface area contributed by atoms with Crippen molar-refractivity contribution >= 4 is 21.4 Å². The lowest BCUT2D eigenvalue weighted by atomic mass is 9.74. The van der Waals surface area contributed by atoms with Gasteiger partial charge in [-0.05, 0) is 18.2 Å². The molecule has 31 heavy (non-hydrogen) atoms. The topological polar surface area (TPSA) is 164 Å². The number of aromatic nitrogens is 2. The monoisotopic (exact) mass is 438 g/mol. The van der Waals surface area contributed by atoms with Crippen LogP contribution in [-0.2, 0) is 20.0 Å². The van der Waals surface area contributed by atoms with Gasteiger partial charge in [0.15, 0.2) is 5.41 Å². The maximum Gasteiger partial charge on any atom is 0.328 e. The quantitative estimate of drug-likeness (QED) is 0.447. The van der Waals surface area contributed by atoms with Gasteiger partial charge in [-0.1, -0.05) is 36.4 Å². The lowest BCUT2D eigenvalue weighted by molar-refractivity contribution is -0.118. The van der Waals surface area contributed by atoms with E-state index in [0.717, 1.165) is 0 Å². The van der Waals surface area contributed by atoms with Crippen molar-refractivity contribution in [1.29, 1.82) is 0 Å². The third kappa shape index (κ3) is 2.37. The molecule has 3 aromatic rings. The summed E-state index contributed by atoms with van der Waals surface area (Å²) in [4.78, 5) is 41.8. The van der Waals surface area contributed by atoms with Gasteiger partial charge in [-0.2, -0.15) is 0 Å². The molecule has 10 nitrogen and oxygen atoms in total. The van der Waals surface area contributed by atoms with Crippen molar-refractivity contribution in [2.24, 2.45) is 5.73 Å². The molecule has 3 heterocycles. The normalized spacial score (nSPS) is 19.5. The number of ether oxygens (including phenoxy) is 1. The Morgan fingerprint density at radius 3 is 2.32 bits per heavy atom. The first-order valence-corrected chi connectivity index (χ1v) is 10.5. The lowest BCUT2D eigenvalue weighted by Crippen LogP contribution is -2.50. The van der Waals surface area contributed by atoms with Gasteiger partial charge in [0.1, 0.15) is 10.5 Å². The number of rotatable bonds is 2. The summed E-state index contributed by atoms with van der Waals surface area (Å²) >= 11 is 0. The second-order valence-corrected chi connectivity index (χ2v) is 8.86. The fraction of sp³-hybridized carbons (Fsp3) is 0.0500. The van der Waals surface area contributed by atoms with E-state index >= 15 is 0 Å². The maximum absolute atomic E-state index is 13.7. The van der Waals surface area contributed by atoms with Gasteiger partial charge in [0.25, 0.3) is 5.56 Å². The summed E-state index contributed by atoms with van der Waals surface area (Å²) in [5.74, 6) is -1.83. The van der Waals surface area contributed by atoms with Gasteiger partial charge in [0, 0.05) is 11.3 Å². The Labute approximate surface area is 174 Å². The van der Waals surface area contributed by atoms with E-state index < -0.39 is 49.1 Å². The number of nitrogens with two attached hydrogens (primary N) is 1. The van der Waals surface area contributed by atoms with Crippen molar-refractivity contribution < 1.29 is 17.9 Å². The summed E-state index contributed by atoms with van der Waals surface area (Å²) < 4.78 is 32.8. The molecule has 156 valence electrons. The summed E-state index contributed by atoms with van der Waals surface area (Å²) in [6, 6.07) is 13.7. The van der Waals surface area contributed by atoms with Crippen molar-refractivity contribution in [3.63, 3.8) is 0 Å². The van der Waals surface area contributed by atoms with Crippen LogP contribution in [0.15, 0.2) is 79.9 Å². The molecule has 0 fully saturated rings. The SMILES string of the molecule is NC1=C(S(=O)(=O)c2ccccc2)C2(C(=O)Nc3ccccc32)c2c([nH]c(=O)[nH]c2=O)O1. The van der Waals surface area contributed by atoms with Crippen molar-refractivity contribution in [2.75, 3.05) is 5.32 Å². The molecule has 11 heteroatoms. The highest BCUT2D eigenvalue weighted by Crippen LogP contribution is 2.53. The molecule has 0 aliphatic carbocycles. The number of sulfone groups is 1. The third-order valence-corrected chi connectivity index (χ3v) is 7.24. The van der Waals surface area contributed by atoms with Gasteiger partial charge in [-0.25, -0.2) is 13.2 Å². The number of nitrogens with one attached hydrogen (secondary N) is 3. The molecule has 0 saturated carbocycles. The fourth-order valence-electron chi connectivity index (χ4n) is 4.12. The predicted octanol–water partition coefficient (Wildman–Crippen LogP) is 0.296. The molecule has 0 saturated heterocycles. The van der Waals surface area contributed by atoms with Crippen LogP contribution in [0.5, 0.6) is 5.88 Å². The number of hydrogen-bond donors (Lipinski definition) is 4. The van der Waals surface area contributed by atoms with Crippen molar-refractivity contribution in [3.8, 4) is 5.88 Å². The zero-order valence-electron chi connectivity index (χ0n) is 15.6. The number of para-hydroxylation sites is 1. The van der Waals surface area contributed by atoms with E-state index in [4.69, 9.17) is 10.5 Å². The number of carbonyl (C=O) groups is 1. The Balaban J connectivity index is 1.97. The van der Waals surface area contributed by atoms with Crippen LogP contribution < -0.4 is 27.0 Å². The number of hydrogen-bond acceptors (Lipinski definition) is 7. The number of aromatic amines is 2. The van der Waals surface area contributed by atoms with Crippen LogP contribution in [0.2, 0.25) is 0 Å². The van der Waals surface area contributed by atoms with E-state index in [-0.39, 0.29) is 16.0 Å². The zero-order valence-corrected chi connectivity index (χ0v) is 16.4. The Morgan fingerprint density at radius 2 is 1.58 bits per heavy atom. The number of carbonyl (C=O) groups excluding carboxylic acids is 1. The van der Waals surface area contributed by atoms with Crippen LogP contribution in [0.3, 0.4) is 0 Å². The van der Waals surface area contributed by atoms with Gasteiger partial charge in [0.2, 0.25) is 27.5 Å². The van der Waals surface area contributed by atoms with Crippen LogP contribution in [0.4, 0.5) is 5.69 Å². The average Bonchev–Trinajstić information content (AvgIpc) is 3.00. The Morgan fingerprint density at radius 1 is 0.903 bits per heavy atom. The minimum atomic E-state index is -4.42. The van der Waals surface area contributed by atoms with Gasteiger partial charge in [0.05, 0.1) is 4.90 Å². The molecule has 0 radical (unpaired) electrons. The molecule has 1 amide bonds. The molecule has 1 atom stereocenters. The average molecular weight is 438 g/mol. The molecule has 2 aromatic carbocycles. The van der Waals surface area contributed by atoms with Crippen LogP contribution in [0, 0.1) is 0 Å². The second kappa shape index (κ2) is 6.19. The molecule has 0 bridgehead atoms. The van der Waals surface area contributed by atoms with E-state index in [1.54, 1.807) is 24.3 Å². The zero-order chi connectivity index (χ0) is 22.0. The minimum absolute atomic E-state index is 0.141. The summed E-state index contributed by atoms with van der Waals surface area (Å²) in [7, 11) is -4.42. The molecule has 1 aromatic heterocycles. The Kier molecular flexibility index (Phi) is 3.77. The van der Waals surface area contributed by atoms with Crippen molar-refractivity contribution in [2.45, 2.75) is 10.3 Å². The predicted molar refractivity (Wildman–Crippen MR) is 109 cm³/mol. The highest BCUT2D eigenvalue weighted by Gasteiger charge is 2.61. The van der Waals surface area contributed by atoms with Gasteiger partial charge >= 0.3 is 5.69 Å². The number of H-pyrrole nitrogens is 2. The molecule has 5 N–H and O–H groups in total. The molecule has 1 unspecified atom stereocenters. The van der Waals surface area contributed by atoms with Crippen molar-refractivity contribution in [1.82, 2.24) is 9.97 Å². The highest BCUT2D eigenvalue weighted by molar-refractivity contribution is 7.95. The fourth-order valence-corrected chi connectivity index (χ4v) is 5.89. The van der Waals surface area contributed by atoms with E-state index in [9.17, 15) is 22.8 Å². The molecule has 2 aliphatic heterocycles. The highest BCUT2D eigenvalue weighted by atomic mass is 32.2. The Bertz CT molecular complexity index is 1520. The van der Waals surface area contributed by atoms with Gasteiger partial charge in [-0.3, -0.25) is 19.6 Å². The first-order valence-electron chi connectivity index (χ1n) is 9.04. The van der Waals surface area contributed by atoms with Crippen molar-refractivity contribution in [3.05, 3.63) is 97.4 Å².